The molecule has 1 nitrogen and oxygen atoms in total. The minimum absolute atomic E-state index is 0.240. The Morgan fingerprint density at radius 1 is 1.55 bits per heavy atom. The summed E-state index contributed by atoms with van der Waals surface area (Å²) in [6, 6.07) is 0. The second kappa shape index (κ2) is 5.14. The molecule has 0 rings (SSSR count). The lowest BCUT2D eigenvalue weighted by molar-refractivity contribution is 0.0589. The molecule has 0 N–H and O–H groups in total. The third-order valence-corrected chi connectivity index (χ3v) is 1.70. The summed E-state index contributed by atoms with van der Waals surface area (Å²) in [4.78, 5) is 0. The van der Waals surface area contributed by atoms with Crippen molar-refractivity contribution in [3.05, 3.63) is 24.8 Å². The van der Waals surface area contributed by atoms with Crippen LogP contribution in [0.1, 0.15) is 20.8 Å². The lowest BCUT2D eigenvalue weighted by Gasteiger charge is -2.16. The Balaban J connectivity index is 3.59. The summed E-state index contributed by atoms with van der Waals surface area (Å²) in [7, 11) is 0. The predicted molar refractivity (Wildman–Crippen MR) is 49.6 cm³/mol. The van der Waals surface area contributed by atoms with Crippen molar-refractivity contribution in [3.63, 3.8) is 0 Å². The molecule has 0 saturated heterocycles. The third-order valence-electron chi connectivity index (χ3n) is 1.70. The molecule has 0 aliphatic rings. The Morgan fingerprint density at radius 2 is 2.09 bits per heavy atom. The second-order valence-electron chi connectivity index (χ2n) is 3.07. The quantitative estimate of drug-likeness (QED) is 0.553. The molecule has 0 heterocycles. The maximum absolute atomic E-state index is 5.49. The van der Waals surface area contributed by atoms with Crippen LogP contribution in [0.2, 0.25) is 0 Å². The van der Waals surface area contributed by atoms with E-state index in [1.807, 2.05) is 13.0 Å². The number of hydrogen-bond donors (Lipinski definition) is 0. The standard InChI is InChI=1S/C10H18O/c1-6-9(4)10(5)11-7-8(2)3/h6,9-10H,1-2,7H2,3-5H3/t9-,10-/m1/s1. The van der Waals surface area contributed by atoms with Crippen LogP contribution in [0.4, 0.5) is 0 Å². The maximum Gasteiger partial charge on any atom is 0.0675 e. The fraction of sp³-hybridized carbons (Fsp3) is 0.600. The fourth-order valence-corrected chi connectivity index (χ4v) is 0.617. The summed E-state index contributed by atoms with van der Waals surface area (Å²) < 4.78 is 5.49. The molecule has 2 atom stereocenters. The molecule has 1 heteroatoms. The van der Waals surface area contributed by atoms with Crippen LogP contribution in [-0.2, 0) is 4.74 Å². The summed E-state index contributed by atoms with van der Waals surface area (Å²) in [5.41, 5.74) is 1.06. The van der Waals surface area contributed by atoms with Crippen molar-refractivity contribution in [2.45, 2.75) is 26.9 Å². The van der Waals surface area contributed by atoms with E-state index in [0.717, 1.165) is 5.57 Å². The number of rotatable bonds is 5. The highest BCUT2D eigenvalue weighted by Gasteiger charge is 2.07. The highest BCUT2D eigenvalue weighted by atomic mass is 16.5. The first-order valence-electron chi connectivity index (χ1n) is 3.96. The highest BCUT2D eigenvalue weighted by molar-refractivity contribution is 4.88. The molecule has 11 heavy (non-hydrogen) atoms. The molecule has 0 bridgehead atoms. The van der Waals surface area contributed by atoms with Crippen molar-refractivity contribution in [2.75, 3.05) is 6.61 Å². The van der Waals surface area contributed by atoms with Crippen LogP contribution in [0.25, 0.3) is 0 Å². The number of hydrogen-bond acceptors (Lipinski definition) is 1. The van der Waals surface area contributed by atoms with Gasteiger partial charge in [0.1, 0.15) is 0 Å². The molecule has 0 fully saturated rings. The van der Waals surface area contributed by atoms with E-state index >= 15 is 0 Å². The topological polar surface area (TPSA) is 9.23 Å². The van der Waals surface area contributed by atoms with Crippen molar-refractivity contribution < 1.29 is 4.74 Å². The summed E-state index contributed by atoms with van der Waals surface area (Å²) >= 11 is 0. The summed E-state index contributed by atoms with van der Waals surface area (Å²) in [6.45, 7) is 14.2. The summed E-state index contributed by atoms with van der Waals surface area (Å²) in [5.74, 6) is 0.411. The lowest BCUT2D eigenvalue weighted by Crippen LogP contribution is -2.16. The molecule has 0 aliphatic heterocycles. The zero-order valence-electron chi connectivity index (χ0n) is 7.76. The highest BCUT2D eigenvalue weighted by Crippen LogP contribution is 2.08. The van der Waals surface area contributed by atoms with Crippen LogP contribution in [-0.4, -0.2) is 12.7 Å². The average Bonchev–Trinajstić information content (AvgIpc) is 1.98. The van der Waals surface area contributed by atoms with Gasteiger partial charge < -0.3 is 4.74 Å². The smallest absolute Gasteiger partial charge is 0.0675 e. The Morgan fingerprint density at radius 3 is 2.45 bits per heavy atom. The van der Waals surface area contributed by atoms with Crippen molar-refractivity contribution in [3.8, 4) is 0 Å². The zero-order chi connectivity index (χ0) is 8.85. The number of ether oxygens (including phenoxy) is 1. The van der Waals surface area contributed by atoms with Crippen LogP contribution in [0.15, 0.2) is 24.8 Å². The molecule has 0 spiro atoms. The molecule has 0 amide bonds. The van der Waals surface area contributed by atoms with Crippen LogP contribution >= 0.6 is 0 Å². The average molecular weight is 154 g/mol. The Hall–Kier alpha value is -0.560. The normalized spacial score (nSPS) is 15.5. The monoisotopic (exact) mass is 154 g/mol. The van der Waals surface area contributed by atoms with Crippen LogP contribution < -0.4 is 0 Å². The van der Waals surface area contributed by atoms with Gasteiger partial charge in [-0.05, 0) is 19.8 Å². The first kappa shape index (κ1) is 10.4. The van der Waals surface area contributed by atoms with E-state index in [9.17, 15) is 0 Å². The lowest BCUT2D eigenvalue weighted by atomic mass is 10.1. The van der Waals surface area contributed by atoms with E-state index in [2.05, 4.69) is 27.0 Å². The zero-order valence-corrected chi connectivity index (χ0v) is 7.76. The fourth-order valence-electron chi connectivity index (χ4n) is 0.617. The Bertz CT molecular complexity index is 138. The molecular weight excluding hydrogens is 136 g/mol. The van der Waals surface area contributed by atoms with Gasteiger partial charge in [0, 0.05) is 0 Å². The molecule has 0 aromatic rings. The van der Waals surface area contributed by atoms with E-state index in [0.29, 0.717) is 12.5 Å². The van der Waals surface area contributed by atoms with Gasteiger partial charge in [-0.3, -0.25) is 0 Å². The van der Waals surface area contributed by atoms with Crippen LogP contribution in [0.5, 0.6) is 0 Å². The first-order chi connectivity index (χ1) is 5.07. The SMILES string of the molecule is C=C[C@@H](C)[C@@H](C)OCC(=C)C. The van der Waals surface area contributed by atoms with Gasteiger partial charge in [0.25, 0.3) is 0 Å². The molecule has 0 radical (unpaired) electrons. The minimum atomic E-state index is 0.240. The van der Waals surface area contributed by atoms with Gasteiger partial charge in [0.05, 0.1) is 12.7 Å². The van der Waals surface area contributed by atoms with Crippen molar-refractivity contribution in [1.29, 1.82) is 0 Å². The summed E-state index contributed by atoms with van der Waals surface area (Å²) in [5, 5.41) is 0. The maximum atomic E-state index is 5.49. The third kappa shape index (κ3) is 4.79. The van der Waals surface area contributed by atoms with Crippen LogP contribution in [0, 0.1) is 5.92 Å². The van der Waals surface area contributed by atoms with E-state index in [1.54, 1.807) is 0 Å². The van der Waals surface area contributed by atoms with Gasteiger partial charge in [-0.25, -0.2) is 0 Å². The molecule has 0 aliphatic carbocycles. The van der Waals surface area contributed by atoms with E-state index in [1.165, 1.54) is 0 Å². The molecule has 0 saturated carbocycles. The predicted octanol–water partition coefficient (Wildman–Crippen LogP) is 2.79. The molecule has 64 valence electrons. The van der Waals surface area contributed by atoms with Gasteiger partial charge in [0.15, 0.2) is 0 Å². The Labute approximate surface area is 69.8 Å². The van der Waals surface area contributed by atoms with Crippen molar-refractivity contribution in [1.82, 2.24) is 0 Å². The molecule has 0 unspecified atom stereocenters. The van der Waals surface area contributed by atoms with Gasteiger partial charge >= 0.3 is 0 Å². The molecular formula is C10H18O. The van der Waals surface area contributed by atoms with Crippen molar-refractivity contribution >= 4 is 0 Å². The van der Waals surface area contributed by atoms with E-state index < -0.39 is 0 Å². The minimum Gasteiger partial charge on any atom is -0.374 e. The first-order valence-corrected chi connectivity index (χ1v) is 3.96. The largest absolute Gasteiger partial charge is 0.374 e. The van der Waals surface area contributed by atoms with Gasteiger partial charge in [-0.15, -0.1) is 6.58 Å². The molecule has 0 aromatic heterocycles. The second-order valence-corrected chi connectivity index (χ2v) is 3.07. The van der Waals surface area contributed by atoms with Crippen LogP contribution in [0.3, 0.4) is 0 Å². The molecule has 0 aromatic carbocycles. The summed E-state index contributed by atoms with van der Waals surface area (Å²) in [6.07, 6.45) is 2.15. The van der Waals surface area contributed by atoms with Crippen molar-refractivity contribution in [2.24, 2.45) is 5.92 Å². The van der Waals surface area contributed by atoms with E-state index in [4.69, 9.17) is 4.74 Å². The van der Waals surface area contributed by atoms with Gasteiger partial charge in [0.2, 0.25) is 0 Å². The Kier molecular flexibility index (Phi) is 4.88. The van der Waals surface area contributed by atoms with E-state index in [-0.39, 0.29) is 6.10 Å². The van der Waals surface area contributed by atoms with Gasteiger partial charge in [-0.1, -0.05) is 25.2 Å². The van der Waals surface area contributed by atoms with Gasteiger partial charge in [-0.2, -0.15) is 0 Å².